The third-order valence-corrected chi connectivity index (χ3v) is 4.58. The highest BCUT2D eigenvalue weighted by molar-refractivity contribution is 7.08. The Labute approximate surface area is 128 Å². The lowest BCUT2D eigenvalue weighted by Crippen LogP contribution is -2.33. The molecule has 0 amide bonds. The number of nitrogens with zero attached hydrogens (tertiary/aromatic N) is 1. The Morgan fingerprint density at radius 1 is 1.24 bits per heavy atom. The molecule has 21 heavy (non-hydrogen) atoms. The van der Waals surface area contributed by atoms with E-state index < -0.39 is 5.60 Å². The summed E-state index contributed by atoms with van der Waals surface area (Å²) in [5.41, 5.74) is 2.83. The molecule has 0 saturated carbocycles. The summed E-state index contributed by atoms with van der Waals surface area (Å²) in [5.74, 6) is 0.0238. The van der Waals surface area contributed by atoms with Crippen molar-refractivity contribution in [2.24, 2.45) is 5.92 Å². The normalized spacial score (nSPS) is 14.3. The van der Waals surface area contributed by atoms with Gasteiger partial charge in [0.1, 0.15) is 5.60 Å². The number of hydrogen-bond donors (Lipinski definition) is 2. The molecule has 1 atom stereocenters. The minimum absolute atomic E-state index is 0.0238. The van der Waals surface area contributed by atoms with Gasteiger partial charge in [-0.2, -0.15) is 11.3 Å². The summed E-state index contributed by atoms with van der Waals surface area (Å²) in [7, 11) is 0. The van der Waals surface area contributed by atoms with Gasteiger partial charge in [0.15, 0.2) is 0 Å². The van der Waals surface area contributed by atoms with Crippen LogP contribution in [0.4, 0.5) is 0 Å². The van der Waals surface area contributed by atoms with Crippen molar-refractivity contribution in [1.82, 2.24) is 9.97 Å². The van der Waals surface area contributed by atoms with Crippen LogP contribution in [-0.2, 0) is 5.60 Å². The van der Waals surface area contributed by atoms with E-state index in [0.717, 1.165) is 16.8 Å². The molecule has 1 unspecified atom stereocenters. The lowest BCUT2D eigenvalue weighted by atomic mass is 9.80. The van der Waals surface area contributed by atoms with Gasteiger partial charge in [0.05, 0.1) is 18.2 Å². The second-order valence-corrected chi connectivity index (χ2v) is 6.26. The van der Waals surface area contributed by atoms with Crippen molar-refractivity contribution in [3.63, 3.8) is 0 Å². The molecule has 2 aromatic heterocycles. The van der Waals surface area contributed by atoms with Crippen LogP contribution in [0.3, 0.4) is 0 Å². The average Bonchev–Trinajstić information content (AvgIpc) is 3.19. The summed E-state index contributed by atoms with van der Waals surface area (Å²) in [5, 5.41) is 15.4. The summed E-state index contributed by atoms with van der Waals surface area (Å²) in [4.78, 5) is 7.11. The lowest BCUT2D eigenvalue weighted by molar-refractivity contribution is 0.0280. The molecule has 3 aromatic rings. The molecular formula is C17H18N2OS. The molecule has 2 heterocycles. The number of imidazole rings is 1. The Bertz CT molecular complexity index is 704. The van der Waals surface area contributed by atoms with Crippen LogP contribution in [0.25, 0.3) is 11.1 Å². The van der Waals surface area contributed by atoms with Gasteiger partial charge in [0.2, 0.25) is 0 Å². The maximum Gasteiger partial charge on any atom is 0.133 e. The van der Waals surface area contributed by atoms with Crippen LogP contribution in [0.15, 0.2) is 53.6 Å². The summed E-state index contributed by atoms with van der Waals surface area (Å²) < 4.78 is 0. The fraction of sp³-hybridized carbons (Fsp3) is 0.235. The van der Waals surface area contributed by atoms with Gasteiger partial charge >= 0.3 is 0 Å². The monoisotopic (exact) mass is 298 g/mol. The molecule has 108 valence electrons. The zero-order chi connectivity index (χ0) is 14.9. The van der Waals surface area contributed by atoms with Crippen LogP contribution < -0.4 is 0 Å². The predicted octanol–water partition coefficient (Wildman–Crippen LogP) is 4.03. The smallest absolute Gasteiger partial charge is 0.133 e. The van der Waals surface area contributed by atoms with Crippen LogP contribution in [0, 0.1) is 5.92 Å². The van der Waals surface area contributed by atoms with Gasteiger partial charge in [-0.25, -0.2) is 4.98 Å². The number of nitrogens with one attached hydrogen (secondary N) is 1. The third kappa shape index (κ3) is 2.41. The Morgan fingerprint density at radius 3 is 2.71 bits per heavy atom. The van der Waals surface area contributed by atoms with Crippen molar-refractivity contribution in [2.45, 2.75) is 19.4 Å². The first kappa shape index (κ1) is 14.0. The molecule has 0 spiro atoms. The minimum Gasteiger partial charge on any atom is -0.379 e. The van der Waals surface area contributed by atoms with E-state index in [2.05, 4.69) is 38.9 Å². The molecule has 0 aliphatic heterocycles. The van der Waals surface area contributed by atoms with E-state index in [4.69, 9.17) is 0 Å². The minimum atomic E-state index is -1.07. The fourth-order valence-corrected chi connectivity index (χ4v) is 3.29. The van der Waals surface area contributed by atoms with E-state index in [1.807, 2.05) is 26.0 Å². The second kappa shape index (κ2) is 5.47. The highest BCUT2D eigenvalue weighted by Crippen LogP contribution is 2.37. The van der Waals surface area contributed by atoms with E-state index >= 15 is 0 Å². The van der Waals surface area contributed by atoms with Crippen molar-refractivity contribution in [2.75, 3.05) is 0 Å². The van der Waals surface area contributed by atoms with Crippen LogP contribution in [0.5, 0.6) is 0 Å². The Morgan fingerprint density at radius 2 is 2.10 bits per heavy atom. The molecule has 0 saturated heterocycles. The van der Waals surface area contributed by atoms with Gasteiger partial charge in [0, 0.05) is 0 Å². The van der Waals surface area contributed by atoms with E-state index in [1.54, 1.807) is 23.9 Å². The van der Waals surface area contributed by atoms with Gasteiger partial charge in [-0.15, -0.1) is 0 Å². The van der Waals surface area contributed by atoms with E-state index in [9.17, 15) is 5.11 Å². The second-order valence-electron chi connectivity index (χ2n) is 5.48. The standard InChI is InChI=1S/C17H18N2OS/c1-12(2)17(20,16-9-18-11-19-16)15-5-3-4-13(8-15)14-6-7-21-10-14/h3-12,20H,1-2H3,(H,18,19). The Kier molecular flexibility index (Phi) is 3.66. The highest BCUT2D eigenvalue weighted by Gasteiger charge is 2.36. The number of aromatic nitrogens is 2. The van der Waals surface area contributed by atoms with Crippen LogP contribution in [0.2, 0.25) is 0 Å². The van der Waals surface area contributed by atoms with Gasteiger partial charge in [-0.3, -0.25) is 0 Å². The Hall–Kier alpha value is -1.91. The number of H-pyrrole nitrogens is 1. The summed E-state index contributed by atoms with van der Waals surface area (Å²) in [6.07, 6.45) is 3.29. The zero-order valence-corrected chi connectivity index (χ0v) is 12.9. The summed E-state index contributed by atoms with van der Waals surface area (Å²) >= 11 is 1.67. The van der Waals surface area contributed by atoms with Gasteiger partial charge in [-0.05, 0) is 45.5 Å². The zero-order valence-electron chi connectivity index (χ0n) is 12.1. The van der Waals surface area contributed by atoms with Gasteiger partial charge < -0.3 is 10.1 Å². The molecule has 2 N–H and O–H groups in total. The predicted molar refractivity (Wildman–Crippen MR) is 86.2 cm³/mol. The average molecular weight is 298 g/mol. The van der Waals surface area contributed by atoms with Crippen molar-refractivity contribution >= 4 is 11.3 Å². The molecule has 1 aromatic carbocycles. The number of thiophene rings is 1. The first-order valence-electron chi connectivity index (χ1n) is 6.96. The lowest BCUT2D eigenvalue weighted by Gasteiger charge is -2.32. The van der Waals surface area contributed by atoms with Crippen molar-refractivity contribution in [1.29, 1.82) is 0 Å². The maximum atomic E-state index is 11.3. The van der Waals surface area contributed by atoms with Crippen LogP contribution in [-0.4, -0.2) is 15.1 Å². The van der Waals surface area contributed by atoms with Crippen LogP contribution >= 0.6 is 11.3 Å². The van der Waals surface area contributed by atoms with Crippen LogP contribution in [0.1, 0.15) is 25.1 Å². The molecule has 3 rings (SSSR count). The van der Waals surface area contributed by atoms with Crippen molar-refractivity contribution < 1.29 is 5.11 Å². The number of rotatable bonds is 4. The number of benzene rings is 1. The summed E-state index contributed by atoms with van der Waals surface area (Å²) in [6, 6.07) is 10.2. The summed E-state index contributed by atoms with van der Waals surface area (Å²) in [6.45, 7) is 4.02. The highest BCUT2D eigenvalue weighted by atomic mass is 32.1. The molecule has 4 heteroatoms. The molecule has 0 bridgehead atoms. The topological polar surface area (TPSA) is 48.9 Å². The number of aromatic amines is 1. The fourth-order valence-electron chi connectivity index (χ4n) is 2.63. The van der Waals surface area contributed by atoms with E-state index in [0.29, 0.717) is 0 Å². The number of hydrogen-bond acceptors (Lipinski definition) is 3. The maximum absolute atomic E-state index is 11.3. The molecule has 3 nitrogen and oxygen atoms in total. The van der Waals surface area contributed by atoms with Crippen molar-refractivity contribution in [3.05, 3.63) is 64.9 Å². The molecule has 0 fully saturated rings. The largest absolute Gasteiger partial charge is 0.379 e. The molecular weight excluding hydrogens is 280 g/mol. The van der Waals surface area contributed by atoms with E-state index in [1.165, 1.54) is 5.56 Å². The quantitative estimate of drug-likeness (QED) is 0.764. The SMILES string of the molecule is CC(C)C(O)(c1cccc(-c2ccsc2)c1)c1cnc[nH]1. The first-order chi connectivity index (χ1) is 10.1. The third-order valence-electron chi connectivity index (χ3n) is 3.90. The Balaban J connectivity index is 2.11. The van der Waals surface area contributed by atoms with E-state index in [-0.39, 0.29) is 5.92 Å². The molecule has 0 radical (unpaired) electrons. The van der Waals surface area contributed by atoms with Gasteiger partial charge in [-0.1, -0.05) is 32.0 Å². The first-order valence-corrected chi connectivity index (χ1v) is 7.91. The molecule has 0 aliphatic rings. The van der Waals surface area contributed by atoms with Crippen molar-refractivity contribution in [3.8, 4) is 11.1 Å². The number of aliphatic hydroxyl groups is 1. The molecule has 0 aliphatic carbocycles. The van der Waals surface area contributed by atoms with Gasteiger partial charge in [0.25, 0.3) is 0 Å².